The number of nitrogens with zero attached hydrogens (tertiary/aromatic N) is 3. The average Bonchev–Trinajstić information content (AvgIpc) is 3.58. The highest BCUT2D eigenvalue weighted by molar-refractivity contribution is 5.87. The summed E-state index contributed by atoms with van der Waals surface area (Å²) in [6.45, 7) is 8.68. The van der Waals surface area contributed by atoms with Gasteiger partial charge in [0, 0.05) is 32.3 Å². The molecule has 4 rings (SSSR count). The number of imidazole rings is 1. The first-order valence-electron chi connectivity index (χ1n) is 20.2. The van der Waals surface area contributed by atoms with Crippen LogP contribution in [0.15, 0.2) is 39.9 Å². The van der Waals surface area contributed by atoms with Gasteiger partial charge in [-0.15, -0.1) is 0 Å². The minimum absolute atomic E-state index is 0.115. The van der Waals surface area contributed by atoms with E-state index in [9.17, 15) is 14.4 Å². The monoisotopic (exact) mass is 818 g/mol. The molecule has 3 aromatic rings. The SMILES string of the molecule is COCCOCCOCCOCCOCCOCCOCCOCCOCCOC(=O)C=Cc1ccc(-c2nc3c(c(=O)[nH]c(=O)n3CC3CCCCC3)n2C)cc1. The smallest absolute Gasteiger partial charge is 0.330 e. The highest BCUT2D eigenvalue weighted by Crippen LogP contribution is 2.27. The molecule has 1 N–H and O–H groups in total. The van der Waals surface area contributed by atoms with Gasteiger partial charge in [0.05, 0.1) is 112 Å². The summed E-state index contributed by atoms with van der Waals surface area (Å²) in [5.74, 6) is 0.482. The number of ether oxygens (including phenoxy) is 10. The summed E-state index contributed by atoms with van der Waals surface area (Å²) in [5, 5.41) is 0. The van der Waals surface area contributed by atoms with Crippen LogP contribution in [0.25, 0.3) is 28.6 Å². The van der Waals surface area contributed by atoms with Crippen molar-refractivity contribution in [3.63, 3.8) is 0 Å². The van der Waals surface area contributed by atoms with Gasteiger partial charge in [-0.3, -0.25) is 14.3 Å². The zero-order valence-corrected chi connectivity index (χ0v) is 34.2. The average molecular weight is 819 g/mol. The summed E-state index contributed by atoms with van der Waals surface area (Å²) < 4.78 is 57.0. The number of fused-ring (bicyclic) bond motifs is 1. The van der Waals surface area contributed by atoms with Crippen LogP contribution in [-0.2, 0) is 65.8 Å². The molecule has 0 saturated heterocycles. The van der Waals surface area contributed by atoms with E-state index in [1.807, 2.05) is 24.3 Å². The van der Waals surface area contributed by atoms with Gasteiger partial charge in [-0.05, 0) is 30.4 Å². The standard InChI is InChI=1S/C41H62N4O13/c1-44-37-39(45(41(48)43-40(37)47)32-34-6-4-3-5-7-34)42-38(44)35-11-8-33(9-12-35)10-13-36(46)58-31-30-57-29-28-56-27-26-55-25-24-54-23-22-53-21-20-52-19-18-51-17-16-50-15-14-49-2/h8-13,34H,3-7,14-32H2,1-2H3,(H,43,47,48). The Balaban J connectivity index is 0.962. The van der Waals surface area contributed by atoms with Crippen LogP contribution in [0.1, 0.15) is 37.7 Å². The molecule has 324 valence electrons. The number of esters is 1. The molecule has 0 atom stereocenters. The zero-order chi connectivity index (χ0) is 41.0. The Hall–Kier alpha value is -3.78. The summed E-state index contributed by atoms with van der Waals surface area (Å²) in [6.07, 6.45) is 8.68. The lowest BCUT2D eigenvalue weighted by atomic mass is 9.89. The normalized spacial score (nSPS) is 13.6. The maximum absolute atomic E-state index is 12.8. The Kier molecular flexibility index (Phi) is 23.1. The van der Waals surface area contributed by atoms with Crippen molar-refractivity contribution < 1.29 is 52.2 Å². The number of hydrogen-bond donors (Lipinski definition) is 1. The number of aromatic amines is 1. The van der Waals surface area contributed by atoms with E-state index in [1.54, 1.807) is 29.4 Å². The first-order valence-corrected chi connectivity index (χ1v) is 20.2. The van der Waals surface area contributed by atoms with E-state index in [4.69, 9.17) is 52.4 Å². The van der Waals surface area contributed by atoms with Crippen molar-refractivity contribution in [3.05, 3.63) is 56.7 Å². The molecule has 0 unspecified atom stereocenters. The van der Waals surface area contributed by atoms with E-state index in [-0.39, 0.29) is 13.2 Å². The van der Waals surface area contributed by atoms with Gasteiger partial charge in [-0.2, -0.15) is 0 Å². The van der Waals surface area contributed by atoms with Crippen molar-refractivity contribution in [1.29, 1.82) is 0 Å². The lowest BCUT2D eigenvalue weighted by Crippen LogP contribution is -2.33. The fourth-order valence-electron chi connectivity index (χ4n) is 6.24. The molecule has 17 heteroatoms. The van der Waals surface area contributed by atoms with Gasteiger partial charge in [-0.1, -0.05) is 43.5 Å². The molecule has 58 heavy (non-hydrogen) atoms. The lowest BCUT2D eigenvalue weighted by Gasteiger charge is -2.22. The quantitative estimate of drug-likeness (QED) is 0.0552. The minimum atomic E-state index is -0.484. The number of rotatable bonds is 32. The molecule has 0 bridgehead atoms. The van der Waals surface area contributed by atoms with Crippen LogP contribution in [-0.4, -0.2) is 151 Å². The number of benzene rings is 1. The predicted octanol–water partition coefficient (Wildman–Crippen LogP) is 3.01. The number of H-pyrrole nitrogens is 1. The summed E-state index contributed by atoms with van der Waals surface area (Å²) in [6, 6.07) is 7.42. The number of aryl methyl sites for hydroxylation is 1. The van der Waals surface area contributed by atoms with Crippen LogP contribution in [0, 0.1) is 5.92 Å². The van der Waals surface area contributed by atoms with Crippen molar-refractivity contribution in [2.75, 3.05) is 126 Å². The Morgan fingerprint density at radius 2 is 1.16 bits per heavy atom. The predicted molar refractivity (Wildman–Crippen MR) is 216 cm³/mol. The molecule has 2 heterocycles. The molecule has 0 spiro atoms. The molecule has 17 nitrogen and oxygen atoms in total. The van der Waals surface area contributed by atoms with Gasteiger partial charge in [-0.25, -0.2) is 14.6 Å². The fraction of sp³-hybridized carbons (Fsp3) is 0.659. The molecule has 1 aromatic carbocycles. The fourth-order valence-corrected chi connectivity index (χ4v) is 6.24. The molecule has 2 aromatic heterocycles. The van der Waals surface area contributed by atoms with E-state index < -0.39 is 17.2 Å². The third kappa shape index (κ3) is 17.6. The lowest BCUT2D eigenvalue weighted by molar-refractivity contribution is -0.139. The highest BCUT2D eigenvalue weighted by Gasteiger charge is 2.21. The Morgan fingerprint density at radius 3 is 1.64 bits per heavy atom. The zero-order valence-electron chi connectivity index (χ0n) is 34.2. The summed E-state index contributed by atoms with van der Waals surface area (Å²) in [4.78, 5) is 45.0. The minimum Gasteiger partial charge on any atom is -0.460 e. The first-order chi connectivity index (χ1) is 28.5. The number of nitrogens with one attached hydrogen (secondary N) is 1. The van der Waals surface area contributed by atoms with Crippen LogP contribution in [0.4, 0.5) is 0 Å². The van der Waals surface area contributed by atoms with Gasteiger partial charge in [0.15, 0.2) is 11.2 Å². The van der Waals surface area contributed by atoms with E-state index in [0.29, 0.717) is 135 Å². The van der Waals surface area contributed by atoms with Crippen LogP contribution in [0.5, 0.6) is 0 Å². The largest absolute Gasteiger partial charge is 0.460 e. The van der Waals surface area contributed by atoms with E-state index in [2.05, 4.69) is 4.98 Å². The molecule has 0 amide bonds. The molecular weight excluding hydrogens is 756 g/mol. The maximum Gasteiger partial charge on any atom is 0.330 e. The van der Waals surface area contributed by atoms with Crippen LogP contribution in [0.3, 0.4) is 0 Å². The second-order valence-corrected chi connectivity index (χ2v) is 13.6. The van der Waals surface area contributed by atoms with Crippen LogP contribution < -0.4 is 11.2 Å². The molecular formula is C41H62N4O13. The second kappa shape index (κ2) is 28.6. The molecule has 1 fully saturated rings. The summed E-state index contributed by atoms with van der Waals surface area (Å²) in [7, 11) is 3.41. The molecule has 1 aliphatic rings. The highest BCUT2D eigenvalue weighted by atomic mass is 16.6. The summed E-state index contributed by atoms with van der Waals surface area (Å²) in [5.41, 5.74) is 1.45. The topological polar surface area (TPSA) is 182 Å². The van der Waals surface area contributed by atoms with E-state index >= 15 is 0 Å². The number of carbonyl (C=O) groups is 1. The van der Waals surface area contributed by atoms with Crippen molar-refractivity contribution in [2.24, 2.45) is 13.0 Å². The molecule has 0 radical (unpaired) electrons. The first kappa shape index (κ1) is 46.9. The van der Waals surface area contributed by atoms with Crippen LogP contribution >= 0.6 is 0 Å². The Morgan fingerprint density at radius 1 is 0.690 bits per heavy atom. The van der Waals surface area contributed by atoms with Crippen LogP contribution in [0.2, 0.25) is 0 Å². The second-order valence-electron chi connectivity index (χ2n) is 13.6. The number of carbonyl (C=O) groups excluding carboxylic acids is 1. The van der Waals surface area contributed by atoms with Crippen molar-refractivity contribution in [1.82, 2.24) is 19.1 Å². The molecule has 1 aliphatic carbocycles. The van der Waals surface area contributed by atoms with Gasteiger partial charge in [0.2, 0.25) is 0 Å². The van der Waals surface area contributed by atoms with Crippen molar-refractivity contribution in [3.8, 4) is 11.4 Å². The third-order valence-corrected chi connectivity index (χ3v) is 9.27. The van der Waals surface area contributed by atoms with E-state index in [0.717, 1.165) is 36.8 Å². The van der Waals surface area contributed by atoms with Crippen molar-refractivity contribution >= 4 is 23.2 Å². The summed E-state index contributed by atoms with van der Waals surface area (Å²) >= 11 is 0. The number of methoxy groups -OCH3 is 1. The van der Waals surface area contributed by atoms with Gasteiger partial charge >= 0.3 is 11.7 Å². The Labute approximate surface area is 339 Å². The maximum atomic E-state index is 12.8. The number of aromatic nitrogens is 4. The number of hydrogen-bond acceptors (Lipinski definition) is 14. The van der Waals surface area contributed by atoms with Gasteiger partial charge in [0.25, 0.3) is 5.56 Å². The van der Waals surface area contributed by atoms with E-state index in [1.165, 1.54) is 12.5 Å². The molecule has 1 saturated carbocycles. The van der Waals surface area contributed by atoms with Gasteiger partial charge in [0.1, 0.15) is 12.4 Å². The Bertz CT molecular complexity index is 1720. The van der Waals surface area contributed by atoms with Crippen molar-refractivity contribution in [2.45, 2.75) is 38.6 Å². The third-order valence-electron chi connectivity index (χ3n) is 9.27. The van der Waals surface area contributed by atoms with Gasteiger partial charge < -0.3 is 51.9 Å². The molecule has 0 aliphatic heterocycles.